The largest absolute Gasteiger partial charge is 0.378 e. The van der Waals surface area contributed by atoms with Crippen molar-refractivity contribution in [1.82, 2.24) is 0 Å². The van der Waals surface area contributed by atoms with Gasteiger partial charge >= 0.3 is 0 Å². The lowest BCUT2D eigenvalue weighted by Gasteiger charge is -2.37. The van der Waals surface area contributed by atoms with Crippen molar-refractivity contribution < 1.29 is 18.5 Å². The molecule has 0 aromatic heterocycles. The lowest BCUT2D eigenvalue weighted by Crippen LogP contribution is -2.44. The second-order valence-corrected chi connectivity index (χ2v) is 5.49. The Hall–Kier alpha value is 0.700. The Labute approximate surface area is 109 Å². The molecule has 4 nitrogen and oxygen atoms in total. The molecule has 0 radical (unpaired) electrons. The molecule has 0 spiro atoms. The zero-order chi connectivity index (χ0) is 12.7. The first kappa shape index (κ1) is 15.8. The summed E-state index contributed by atoms with van der Waals surface area (Å²) in [7, 11) is 4.56. The van der Waals surface area contributed by atoms with Crippen LogP contribution in [0.15, 0.2) is 0 Å². The molecule has 1 saturated heterocycles. The van der Waals surface area contributed by atoms with E-state index in [1.807, 2.05) is 0 Å². The van der Waals surface area contributed by atoms with Gasteiger partial charge in [0.05, 0.1) is 44.1 Å². The highest BCUT2D eigenvalue weighted by molar-refractivity contribution is 7.10. The topological polar surface area (TPSA) is 36.9 Å². The summed E-state index contributed by atoms with van der Waals surface area (Å²) in [4.78, 5) is 0. The van der Waals surface area contributed by atoms with Crippen LogP contribution in [0, 0.1) is 5.41 Å². The summed E-state index contributed by atoms with van der Waals surface area (Å²) < 4.78 is 22.3. The van der Waals surface area contributed by atoms with Gasteiger partial charge < -0.3 is 18.5 Å². The van der Waals surface area contributed by atoms with Gasteiger partial charge in [-0.15, -0.1) is 0 Å². The standard InChI is InChI=1S/C11H24O4P2/c1-3-10-4-9(2)12-5-11(6-13-10,7-14-16)8-15-17/h9-10H,3-8,16-17H2,1-2H3. The summed E-state index contributed by atoms with van der Waals surface area (Å²) in [6, 6.07) is 0. The third kappa shape index (κ3) is 5.06. The Morgan fingerprint density at radius 1 is 1.18 bits per heavy atom. The van der Waals surface area contributed by atoms with E-state index >= 15 is 0 Å². The van der Waals surface area contributed by atoms with Gasteiger partial charge in [-0.25, -0.2) is 0 Å². The maximum atomic E-state index is 5.97. The normalized spacial score (nSPS) is 29.6. The summed E-state index contributed by atoms with van der Waals surface area (Å²) >= 11 is 0. The van der Waals surface area contributed by atoms with Gasteiger partial charge in [-0.2, -0.15) is 0 Å². The lowest BCUT2D eigenvalue weighted by atomic mass is 9.91. The molecular weight excluding hydrogens is 258 g/mol. The summed E-state index contributed by atoms with van der Waals surface area (Å²) in [5, 5.41) is 0. The maximum Gasteiger partial charge on any atom is 0.0644 e. The molecule has 1 aliphatic rings. The van der Waals surface area contributed by atoms with E-state index in [0.29, 0.717) is 26.4 Å². The summed E-state index contributed by atoms with van der Waals surface area (Å²) in [6.07, 6.45) is 2.44. The molecule has 1 heterocycles. The number of rotatable bonds is 5. The van der Waals surface area contributed by atoms with Crippen molar-refractivity contribution in [1.29, 1.82) is 0 Å². The third-order valence-electron chi connectivity index (χ3n) is 3.13. The van der Waals surface area contributed by atoms with Gasteiger partial charge in [-0.1, -0.05) is 6.92 Å². The summed E-state index contributed by atoms with van der Waals surface area (Å²) in [5.74, 6) is 0. The van der Waals surface area contributed by atoms with Crippen LogP contribution in [0.2, 0.25) is 0 Å². The molecule has 4 unspecified atom stereocenters. The first-order chi connectivity index (χ1) is 8.15. The fraction of sp³-hybridized carbons (Fsp3) is 1.00. The molecule has 0 saturated carbocycles. The van der Waals surface area contributed by atoms with Gasteiger partial charge in [0, 0.05) is 18.9 Å². The molecule has 0 aromatic rings. The van der Waals surface area contributed by atoms with E-state index in [-0.39, 0.29) is 17.6 Å². The van der Waals surface area contributed by atoms with Crippen molar-refractivity contribution in [2.45, 2.75) is 38.9 Å². The Morgan fingerprint density at radius 3 is 2.29 bits per heavy atom. The SMILES string of the molecule is CCC1CC(C)OCC(COP)(COP)CO1. The Balaban J connectivity index is 2.67. The molecule has 0 bridgehead atoms. The molecule has 102 valence electrons. The lowest BCUT2D eigenvalue weighted by molar-refractivity contribution is -0.132. The van der Waals surface area contributed by atoms with Crippen LogP contribution in [0.4, 0.5) is 0 Å². The van der Waals surface area contributed by atoms with E-state index in [0.717, 1.165) is 12.8 Å². The van der Waals surface area contributed by atoms with Gasteiger partial charge in [0.1, 0.15) is 0 Å². The average Bonchev–Trinajstić information content (AvgIpc) is 2.30. The van der Waals surface area contributed by atoms with Crippen molar-refractivity contribution in [2.75, 3.05) is 26.4 Å². The number of hydrogen-bond donors (Lipinski definition) is 0. The minimum Gasteiger partial charge on any atom is -0.378 e. The van der Waals surface area contributed by atoms with Gasteiger partial charge in [0.15, 0.2) is 0 Å². The molecule has 0 N–H and O–H groups in total. The molecule has 0 amide bonds. The molecule has 6 heteroatoms. The van der Waals surface area contributed by atoms with Crippen LogP contribution in [0.25, 0.3) is 0 Å². The van der Waals surface area contributed by atoms with Gasteiger partial charge in [-0.3, -0.25) is 0 Å². The molecule has 0 aliphatic carbocycles. The third-order valence-corrected chi connectivity index (χ3v) is 3.46. The highest BCUT2D eigenvalue weighted by atomic mass is 31.0. The van der Waals surface area contributed by atoms with Crippen molar-refractivity contribution >= 4 is 18.9 Å². The van der Waals surface area contributed by atoms with Crippen LogP contribution in [0.1, 0.15) is 26.7 Å². The van der Waals surface area contributed by atoms with E-state index in [9.17, 15) is 0 Å². The summed E-state index contributed by atoms with van der Waals surface area (Å²) in [5.41, 5.74) is -0.217. The van der Waals surface area contributed by atoms with Crippen molar-refractivity contribution in [3.8, 4) is 0 Å². The smallest absolute Gasteiger partial charge is 0.0644 e. The Bertz CT molecular complexity index is 210. The fourth-order valence-corrected chi connectivity index (χ4v) is 2.72. The highest BCUT2D eigenvalue weighted by Gasteiger charge is 2.35. The molecule has 1 aliphatic heterocycles. The molecule has 1 rings (SSSR count). The van der Waals surface area contributed by atoms with Crippen molar-refractivity contribution in [3.05, 3.63) is 0 Å². The van der Waals surface area contributed by atoms with Crippen LogP contribution >= 0.6 is 18.9 Å². The minimum atomic E-state index is -0.217. The van der Waals surface area contributed by atoms with Gasteiger partial charge in [0.2, 0.25) is 0 Å². The van der Waals surface area contributed by atoms with E-state index < -0.39 is 0 Å². The monoisotopic (exact) mass is 282 g/mol. The Kier molecular flexibility index (Phi) is 7.40. The van der Waals surface area contributed by atoms with Crippen LogP contribution in [-0.4, -0.2) is 38.6 Å². The predicted molar refractivity (Wildman–Crippen MR) is 73.8 cm³/mol. The molecular formula is C11H24O4P2. The zero-order valence-electron chi connectivity index (χ0n) is 10.7. The Morgan fingerprint density at radius 2 is 1.76 bits per heavy atom. The predicted octanol–water partition coefficient (Wildman–Crippen LogP) is 2.19. The van der Waals surface area contributed by atoms with E-state index in [1.165, 1.54) is 0 Å². The van der Waals surface area contributed by atoms with E-state index in [4.69, 9.17) is 18.5 Å². The molecule has 17 heavy (non-hydrogen) atoms. The summed E-state index contributed by atoms with van der Waals surface area (Å²) in [6.45, 7) is 6.54. The van der Waals surface area contributed by atoms with Crippen LogP contribution < -0.4 is 0 Å². The fourth-order valence-electron chi connectivity index (χ4n) is 2.01. The van der Waals surface area contributed by atoms with E-state index in [2.05, 4.69) is 32.8 Å². The average molecular weight is 282 g/mol. The minimum absolute atomic E-state index is 0.216. The molecule has 1 fully saturated rings. The number of ether oxygens (including phenoxy) is 2. The van der Waals surface area contributed by atoms with Crippen LogP contribution in [0.3, 0.4) is 0 Å². The zero-order valence-corrected chi connectivity index (χ0v) is 13.0. The number of hydrogen-bond acceptors (Lipinski definition) is 4. The van der Waals surface area contributed by atoms with Gasteiger partial charge in [0.25, 0.3) is 0 Å². The van der Waals surface area contributed by atoms with Crippen molar-refractivity contribution in [3.63, 3.8) is 0 Å². The van der Waals surface area contributed by atoms with Crippen LogP contribution in [0.5, 0.6) is 0 Å². The first-order valence-electron chi connectivity index (χ1n) is 6.02. The first-order valence-corrected chi connectivity index (χ1v) is 6.96. The second kappa shape index (κ2) is 7.99. The molecule has 4 atom stereocenters. The van der Waals surface area contributed by atoms with Crippen LogP contribution in [-0.2, 0) is 18.5 Å². The molecule has 0 aromatic carbocycles. The highest BCUT2D eigenvalue weighted by Crippen LogP contribution is 2.27. The maximum absolute atomic E-state index is 5.97. The quantitative estimate of drug-likeness (QED) is 0.724. The van der Waals surface area contributed by atoms with E-state index in [1.54, 1.807) is 0 Å². The second-order valence-electron chi connectivity index (χ2n) is 4.82. The van der Waals surface area contributed by atoms with Crippen molar-refractivity contribution in [2.24, 2.45) is 5.41 Å². The van der Waals surface area contributed by atoms with Gasteiger partial charge in [-0.05, 0) is 19.8 Å².